The van der Waals surface area contributed by atoms with Gasteiger partial charge in [0.1, 0.15) is 0 Å². The predicted octanol–water partition coefficient (Wildman–Crippen LogP) is 1.49. The predicted molar refractivity (Wildman–Crippen MR) is 70.6 cm³/mol. The number of hydrogen-bond donors (Lipinski definition) is 1. The molecule has 1 aliphatic heterocycles. The summed E-state index contributed by atoms with van der Waals surface area (Å²) in [6, 6.07) is 3.66. The Hall–Kier alpha value is -0.850. The molecule has 0 aliphatic carbocycles. The van der Waals surface area contributed by atoms with Crippen LogP contribution in [0, 0.1) is 0 Å². The van der Waals surface area contributed by atoms with Crippen molar-refractivity contribution in [2.45, 2.75) is 13.0 Å². The number of hydrogen-bond acceptors (Lipinski definition) is 4. The molecule has 1 aliphatic rings. The first-order chi connectivity index (χ1) is 8.66. The molecule has 0 unspecified atom stereocenters. The van der Waals surface area contributed by atoms with Crippen LogP contribution in [0.4, 0.5) is 0 Å². The Morgan fingerprint density at radius 3 is 2.83 bits per heavy atom. The number of rotatable bonds is 4. The number of morpholine rings is 1. The topological polar surface area (TPSA) is 54.7 Å². The lowest BCUT2D eigenvalue weighted by molar-refractivity contribution is 0.0203. The highest BCUT2D eigenvalue weighted by atomic mass is 79.9. The molecule has 100 valence electrons. The van der Waals surface area contributed by atoms with Gasteiger partial charge >= 0.3 is 0 Å². The molecule has 0 bridgehead atoms. The first-order valence-electron chi connectivity index (χ1n) is 6.02. The molecule has 1 fully saturated rings. The SMILES string of the molecule is C[C@@H](CNC(=O)c1ccc(Br)o1)N1CCOCC1. The average molecular weight is 317 g/mol. The van der Waals surface area contributed by atoms with Gasteiger partial charge in [-0.25, -0.2) is 0 Å². The molecule has 1 aromatic rings. The third-order valence-electron chi connectivity index (χ3n) is 3.02. The van der Waals surface area contributed by atoms with Gasteiger partial charge in [0.2, 0.25) is 0 Å². The Morgan fingerprint density at radius 1 is 1.50 bits per heavy atom. The van der Waals surface area contributed by atoms with Crippen LogP contribution in [0.25, 0.3) is 0 Å². The van der Waals surface area contributed by atoms with Gasteiger partial charge in [0, 0.05) is 25.7 Å². The van der Waals surface area contributed by atoms with E-state index >= 15 is 0 Å². The molecule has 5 nitrogen and oxygen atoms in total. The lowest BCUT2D eigenvalue weighted by Gasteiger charge is -2.32. The molecule has 0 radical (unpaired) electrons. The van der Waals surface area contributed by atoms with Gasteiger partial charge in [-0.3, -0.25) is 9.69 Å². The number of ether oxygens (including phenoxy) is 1. The van der Waals surface area contributed by atoms with Gasteiger partial charge < -0.3 is 14.5 Å². The van der Waals surface area contributed by atoms with Gasteiger partial charge in [-0.15, -0.1) is 0 Å². The van der Waals surface area contributed by atoms with Crippen molar-refractivity contribution >= 4 is 21.8 Å². The molecule has 6 heteroatoms. The first kappa shape index (κ1) is 13.6. The molecule has 2 rings (SSSR count). The standard InChI is InChI=1S/C12H17BrN2O3/c1-9(15-4-6-17-7-5-15)8-14-12(16)10-2-3-11(13)18-10/h2-3,9H,4-8H2,1H3,(H,14,16)/t9-/m0/s1. The van der Waals surface area contributed by atoms with Crippen LogP contribution in [-0.4, -0.2) is 49.7 Å². The summed E-state index contributed by atoms with van der Waals surface area (Å²) in [6.45, 7) is 6.08. The fourth-order valence-corrected chi connectivity index (χ4v) is 2.22. The van der Waals surface area contributed by atoms with Crippen LogP contribution in [0.5, 0.6) is 0 Å². The van der Waals surface area contributed by atoms with Crippen LogP contribution in [-0.2, 0) is 4.74 Å². The maximum Gasteiger partial charge on any atom is 0.287 e. The minimum atomic E-state index is -0.180. The largest absolute Gasteiger partial charge is 0.444 e. The zero-order valence-corrected chi connectivity index (χ0v) is 11.9. The van der Waals surface area contributed by atoms with Gasteiger partial charge in [0.05, 0.1) is 13.2 Å². The summed E-state index contributed by atoms with van der Waals surface area (Å²) in [5, 5.41) is 2.87. The minimum absolute atomic E-state index is 0.180. The Balaban J connectivity index is 1.78. The van der Waals surface area contributed by atoms with E-state index in [0.29, 0.717) is 23.0 Å². The zero-order chi connectivity index (χ0) is 13.0. The number of carbonyl (C=O) groups excluding carboxylic acids is 1. The van der Waals surface area contributed by atoms with Crippen LogP contribution in [0.2, 0.25) is 0 Å². The Kier molecular flexibility index (Phi) is 4.79. The van der Waals surface area contributed by atoms with Gasteiger partial charge in [0.25, 0.3) is 5.91 Å². The van der Waals surface area contributed by atoms with Gasteiger partial charge in [-0.05, 0) is 35.0 Å². The van der Waals surface area contributed by atoms with Crippen LogP contribution in [0.15, 0.2) is 21.2 Å². The molecule has 1 atom stereocenters. The third-order valence-corrected chi connectivity index (χ3v) is 3.45. The van der Waals surface area contributed by atoms with E-state index in [1.165, 1.54) is 0 Å². The van der Waals surface area contributed by atoms with E-state index < -0.39 is 0 Å². The average Bonchev–Trinajstić information content (AvgIpc) is 2.83. The normalized spacial score (nSPS) is 18.6. The number of halogens is 1. The number of amides is 1. The van der Waals surface area contributed by atoms with Crippen molar-refractivity contribution in [1.29, 1.82) is 0 Å². The zero-order valence-electron chi connectivity index (χ0n) is 10.3. The van der Waals surface area contributed by atoms with E-state index in [1.807, 2.05) is 0 Å². The summed E-state index contributed by atoms with van der Waals surface area (Å²) < 4.78 is 11.1. The van der Waals surface area contributed by atoms with E-state index in [-0.39, 0.29) is 5.91 Å². The molecule has 0 spiro atoms. The van der Waals surface area contributed by atoms with Gasteiger partial charge in [-0.1, -0.05) is 0 Å². The van der Waals surface area contributed by atoms with Crippen molar-refractivity contribution in [1.82, 2.24) is 10.2 Å². The van der Waals surface area contributed by atoms with E-state index in [2.05, 4.69) is 33.1 Å². The van der Waals surface area contributed by atoms with Crippen molar-refractivity contribution in [3.63, 3.8) is 0 Å². The van der Waals surface area contributed by atoms with E-state index in [1.54, 1.807) is 12.1 Å². The number of nitrogens with zero attached hydrogens (tertiary/aromatic N) is 1. The van der Waals surface area contributed by atoms with E-state index in [9.17, 15) is 4.79 Å². The summed E-state index contributed by atoms with van der Waals surface area (Å²) in [4.78, 5) is 14.1. The second kappa shape index (κ2) is 6.36. The number of furan rings is 1. The van der Waals surface area contributed by atoms with E-state index in [4.69, 9.17) is 9.15 Å². The third kappa shape index (κ3) is 3.57. The molecule has 0 saturated carbocycles. The lowest BCUT2D eigenvalue weighted by Crippen LogP contribution is -2.47. The van der Waals surface area contributed by atoms with Crippen LogP contribution in [0.1, 0.15) is 17.5 Å². The van der Waals surface area contributed by atoms with Crippen LogP contribution < -0.4 is 5.32 Å². The second-order valence-corrected chi connectivity index (χ2v) is 5.09. The Morgan fingerprint density at radius 2 is 2.22 bits per heavy atom. The van der Waals surface area contributed by atoms with Crippen molar-refractivity contribution in [2.75, 3.05) is 32.8 Å². The quantitative estimate of drug-likeness (QED) is 0.914. The maximum atomic E-state index is 11.8. The lowest BCUT2D eigenvalue weighted by atomic mass is 10.2. The molecule has 1 amide bonds. The molecular weight excluding hydrogens is 300 g/mol. The number of nitrogens with one attached hydrogen (secondary N) is 1. The van der Waals surface area contributed by atoms with Crippen LogP contribution in [0.3, 0.4) is 0 Å². The maximum absolute atomic E-state index is 11.8. The highest BCUT2D eigenvalue weighted by molar-refractivity contribution is 9.10. The minimum Gasteiger partial charge on any atom is -0.444 e. The smallest absolute Gasteiger partial charge is 0.287 e. The summed E-state index contributed by atoms with van der Waals surface area (Å²) in [6.07, 6.45) is 0. The summed E-state index contributed by atoms with van der Waals surface area (Å²) in [7, 11) is 0. The molecule has 2 heterocycles. The first-order valence-corrected chi connectivity index (χ1v) is 6.81. The van der Waals surface area contributed by atoms with Crippen molar-refractivity contribution in [2.24, 2.45) is 0 Å². The second-order valence-electron chi connectivity index (χ2n) is 4.31. The van der Waals surface area contributed by atoms with Crippen molar-refractivity contribution in [3.05, 3.63) is 22.6 Å². The molecule has 0 aromatic carbocycles. The van der Waals surface area contributed by atoms with Gasteiger partial charge in [-0.2, -0.15) is 0 Å². The Labute approximate surface area is 115 Å². The summed E-state index contributed by atoms with van der Waals surface area (Å²) in [5.41, 5.74) is 0. The monoisotopic (exact) mass is 316 g/mol. The van der Waals surface area contributed by atoms with E-state index in [0.717, 1.165) is 26.3 Å². The van der Waals surface area contributed by atoms with Crippen LogP contribution >= 0.6 is 15.9 Å². The summed E-state index contributed by atoms with van der Waals surface area (Å²) in [5.74, 6) is 0.150. The molecule has 1 N–H and O–H groups in total. The van der Waals surface area contributed by atoms with Crippen molar-refractivity contribution in [3.8, 4) is 0 Å². The summed E-state index contributed by atoms with van der Waals surface area (Å²) >= 11 is 3.17. The molecule has 1 saturated heterocycles. The highest BCUT2D eigenvalue weighted by Gasteiger charge is 2.18. The Bertz CT molecular complexity index is 402. The molecule has 1 aromatic heterocycles. The van der Waals surface area contributed by atoms with Gasteiger partial charge in [0.15, 0.2) is 10.4 Å². The molecular formula is C12H17BrN2O3. The highest BCUT2D eigenvalue weighted by Crippen LogP contribution is 2.13. The van der Waals surface area contributed by atoms with Crippen molar-refractivity contribution < 1.29 is 13.9 Å². The molecule has 18 heavy (non-hydrogen) atoms. The number of carbonyl (C=O) groups is 1. The fraction of sp³-hybridized carbons (Fsp3) is 0.583. The fourth-order valence-electron chi connectivity index (χ4n) is 1.91.